The Bertz CT molecular complexity index is 62.6. The minimum absolute atomic E-state index is 0. The van der Waals surface area contributed by atoms with Gasteiger partial charge in [-0.15, -0.1) is 0 Å². The van der Waals surface area contributed by atoms with E-state index in [1.807, 2.05) is 6.92 Å². The lowest BCUT2D eigenvalue weighted by atomic mass is 9.90. The van der Waals surface area contributed by atoms with Crippen molar-refractivity contribution in [2.75, 3.05) is 19.8 Å². The molecule has 50 valence electrons. The molecule has 1 aliphatic rings. The molecule has 0 saturated carbocycles. The molecule has 3 nitrogen and oxygen atoms in total. The molecule has 1 rings (SSSR count). The molecule has 0 bridgehead atoms. The summed E-state index contributed by atoms with van der Waals surface area (Å²) in [6.07, 6.45) is 0. The average molecular weight is 120 g/mol. The second-order valence-electron chi connectivity index (χ2n) is 2.46. The van der Waals surface area contributed by atoms with Crippen LogP contribution in [0.15, 0.2) is 0 Å². The fourth-order valence-corrected chi connectivity index (χ4v) is 0.542. The van der Waals surface area contributed by atoms with E-state index in [9.17, 15) is 0 Å². The zero-order chi connectivity index (χ0) is 5.33. The highest BCUT2D eigenvalue weighted by Gasteiger charge is 2.31. The molecule has 0 unspecified atom stereocenters. The van der Waals surface area contributed by atoms with Crippen LogP contribution in [-0.4, -0.2) is 30.4 Å². The van der Waals surface area contributed by atoms with E-state index in [1.165, 1.54) is 0 Å². The van der Waals surface area contributed by atoms with Gasteiger partial charge in [0.25, 0.3) is 0 Å². The van der Waals surface area contributed by atoms with E-state index >= 15 is 0 Å². The standard InChI is InChI=1S/C5H10O2.H2O/c1-5(2-6)3-7-4-5;/h6H,2-4H2,1H3;1H2. The summed E-state index contributed by atoms with van der Waals surface area (Å²) < 4.78 is 4.87. The molecule has 0 aromatic carbocycles. The normalized spacial score (nSPS) is 23.2. The summed E-state index contributed by atoms with van der Waals surface area (Å²) in [6.45, 7) is 3.72. The van der Waals surface area contributed by atoms with Crippen LogP contribution in [0.2, 0.25) is 0 Å². The predicted molar refractivity (Wildman–Crippen MR) is 29.6 cm³/mol. The molecule has 3 N–H and O–H groups in total. The Labute approximate surface area is 48.6 Å². The van der Waals surface area contributed by atoms with Gasteiger partial charge in [0.05, 0.1) is 19.8 Å². The number of hydrogen-bond donors (Lipinski definition) is 1. The van der Waals surface area contributed by atoms with Crippen molar-refractivity contribution < 1.29 is 15.3 Å². The maximum atomic E-state index is 8.57. The lowest BCUT2D eigenvalue weighted by Gasteiger charge is -2.35. The number of hydrogen-bond acceptors (Lipinski definition) is 2. The Hall–Kier alpha value is -0.120. The number of aliphatic hydroxyl groups is 1. The molecule has 1 saturated heterocycles. The van der Waals surface area contributed by atoms with Crippen molar-refractivity contribution in [2.45, 2.75) is 6.92 Å². The van der Waals surface area contributed by atoms with Crippen molar-refractivity contribution in [2.24, 2.45) is 5.41 Å². The van der Waals surface area contributed by atoms with Crippen molar-refractivity contribution in [3.8, 4) is 0 Å². The number of aliphatic hydroxyl groups excluding tert-OH is 1. The average Bonchev–Trinajstić information content (AvgIpc) is 1.61. The molecule has 0 amide bonds. The Morgan fingerprint density at radius 1 is 1.62 bits per heavy atom. The lowest BCUT2D eigenvalue weighted by molar-refractivity contribution is -0.125. The molecule has 0 radical (unpaired) electrons. The zero-order valence-electron chi connectivity index (χ0n) is 4.98. The highest BCUT2D eigenvalue weighted by Crippen LogP contribution is 2.24. The summed E-state index contributed by atoms with van der Waals surface area (Å²) in [5.41, 5.74) is 0.0972. The molecule has 0 spiro atoms. The highest BCUT2D eigenvalue weighted by atomic mass is 16.5. The minimum Gasteiger partial charge on any atom is -0.412 e. The molecular weight excluding hydrogens is 108 g/mol. The maximum absolute atomic E-state index is 8.57. The van der Waals surface area contributed by atoms with Gasteiger partial charge in [-0.1, -0.05) is 6.92 Å². The molecule has 1 aliphatic heterocycles. The summed E-state index contributed by atoms with van der Waals surface area (Å²) in [7, 11) is 0. The van der Waals surface area contributed by atoms with Crippen LogP contribution in [0.25, 0.3) is 0 Å². The Morgan fingerprint density at radius 2 is 2.12 bits per heavy atom. The van der Waals surface area contributed by atoms with E-state index in [0.717, 1.165) is 13.2 Å². The molecule has 8 heavy (non-hydrogen) atoms. The molecule has 0 aliphatic carbocycles. The van der Waals surface area contributed by atoms with Gasteiger partial charge in [-0.05, 0) is 0 Å². The van der Waals surface area contributed by atoms with E-state index < -0.39 is 0 Å². The Morgan fingerprint density at radius 3 is 2.12 bits per heavy atom. The van der Waals surface area contributed by atoms with Gasteiger partial charge in [-0.25, -0.2) is 0 Å². The van der Waals surface area contributed by atoms with Gasteiger partial charge in [0, 0.05) is 5.41 Å². The molecule has 1 fully saturated rings. The van der Waals surface area contributed by atoms with Gasteiger partial charge in [-0.2, -0.15) is 0 Å². The first kappa shape index (κ1) is 7.88. The summed E-state index contributed by atoms with van der Waals surface area (Å²) in [4.78, 5) is 0. The first-order valence-corrected chi connectivity index (χ1v) is 2.45. The van der Waals surface area contributed by atoms with Crippen molar-refractivity contribution in [3.05, 3.63) is 0 Å². The summed E-state index contributed by atoms with van der Waals surface area (Å²) in [5.74, 6) is 0. The molecule has 1 heterocycles. The largest absolute Gasteiger partial charge is 0.412 e. The van der Waals surface area contributed by atoms with Crippen LogP contribution in [0.4, 0.5) is 0 Å². The third kappa shape index (κ3) is 1.18. The van der Waals surface area contributed by atoms with Crippen molar-refractivity contribution in [1.82, 2.24) is 0 Å². The van der Waals surface area contributed by atoms with Crippen LogP contribution in [-0.2, 0) is 4.74 Å². The fourth-order valence-electron chi connectivity index (χ4n) is 0.542. The summed E-state index contributed by atoms with van der Waals surface area (Å²) in [5, 5.41) is 8.57. The zero-order valence-corrected chi connectivity index (χ0v) is 4.98. The van der Waals surface area contributed by atoms with Crippen LogP contribution in [0.1, 0.15) is 6.92 Å². The second-order valence-corrected chi connectivity index (χ2v) is 2.46. The van der Waals surface area contributed by atoms with Gasteiger partial charge in [0.15, 0.2) is 0 Å². The third-order valence-corrected chi connectivity index (χ3v) is 1.28. The third-order valence-electron chi connectivity index (χ3n) is 1.28. The van der Waals surface area contributed by atoms with Gasteiger partial charge >= 0.3 is 0 Å². The Balaban J connectivity index is 0.000000490. The fraction of sp³-hybridized carbons (Fsp3) is 1.00. The van der Waals surface area contributed by atoms with Crippen LogP contribution < -0.4 is 0 Å². The van der Waals surface area contributed by atoms with Crippen molar-refractivity contribution in [3.63, 3.8) is 0 Å². The van der Waals surface area contributed by atoms with Crippen LogP contribution >= 0.6 is 0 Å². The van der Waals surface area contributed by atoms with E-state index in [2.05, 4.69) is 0 Å². The molecule has 0 atom stereocenters. The highest BCUT2D eigenvalue weighted by molar-refractivity contribution is 4.78. The second kappa shape index (κ2) is 2.44. The van der Waals surface area contributed by atoms with Gasteiger partial charge < -0.3 is 15.3 Å². The number of rotatable bonds is 1. The van der Waals surface area contributed by atoms with Crippen LogP contribution in [0, 0.1) is 5.41 Å². The smallest absolute Gasteiger partial charge is 0.0564 e. The quantitative estimate of drug-likeness (QED) is 0.492. The molecule has 3 heteroatoms. The molecule has 0 aromatic heterocycles. The Kier molecular flexibility index (Phi) is 2.40. The number of ether oxygens (including phenoxy) is 1. The monoisotopic (exact) mass is 120 g/mol. The van der Waals surface area contributed by atoms with Gasteiger partial charge in [0.2, 0.25) is 0 Å². The minimum atomic E-state index is 0. The van der Waals surface area contributed by atoms with E-state index in [1.54, 1.807) is 0 Å². The van der Waals surface area contributed by atoms with Gasteiger partial charge in [-0.3, -0.25) is 0 Å². The van der Waals surface area contributed by atoms with Crippen molar-refractivity contribution in [1.29, 1.82) is 0 Å². The van der Waals surface area contributed by atoms with E-state index in [4.69, 9.17) is 9.84 Å². The topological polar surface area (TPSA) is 61.0 Å². The summed E-state index contributed by atoms with van der Waals surface area (Å²) >= 11 is 0. The van der Waals surface area contributed by atoms with E-state index in [-0.39, 0.29) is 17.5 Å². The lowest BCUT2D eigenvalue weighted by Crippen LogP contribution is -2.42. The first-order valence-electron chi connectivity index (χ1n) is 2.45. The van der Waals surface area contributed by atoms with E-state index in [0.29, 0.717) is 0 Å². The van der Waals surface area contributed by atoms with Gasteiger partial charge in [0.1, 0.15) is 0 Å². The maximum Gasteiger partial charge on any atom is 0.0564 e. The van der Waals surface area contributed by atoms with Crippen LogP contribution in [0.3, 0.4) is 0 Å². The molecule has 0 aromatic rings. The van der Waals surface area contributed by atoms with Crippen LogP contribution in [0.5, 0.6) is 0 Å². The SMILES string of the molecule is CC1(CO)COC1.O. The predicted octanol–water partition coefficient (Wildman–Crippen LogP) is -0.810. The molecular formula is C5H12O3. The first-order chi connectivity index (χ1) is 3.27. The van der Waals surface area contributed by atoms with Crippen molar-refractivity contribution >= 4 is 0 Å². The summed E-state index contributed by atoms with van der Waals surface area (Å²) in [6, 6.07) is 0.